The summed E-state index contributed by atoms with van der Waals surface area (Å²) in [5.41, 5.74) is 7.00. The van der Waals surface area contributed by atoms with Crippen LogP contribution in [0.4, 0.5) is 5.82 Å². The van der Waals surface area contributed by atoms with E-state index in [4.69, 9.17) is 22.1 Å². The number of ether oxygens (including phenoxy) is 1. The van der Waals surface area contributed by atoms with Gasteiger partial charge in [-0.1, -0.05) is 23.7 Å². The monoisotopic (exact) mass is 346 g/mol. The lowest BCUT2D eigenvalue weighted by atomic mass is 9.97. The Morgan fingerprint density at radius 2 is 2.04 bits per heavy atom. The normalized spacial score (nSPS) is 20.2. The first-order valence-electron chi connectivity index (χ1n) is 7.73. The summed E-state index contributed by atoms with van der Waals surface area (Å²) in [6.07, 6.45) is 0.953. The van der Waals surface area contributed by atoms with Crippen LogP contribution < -0.4 is 15.4 Å². The average Bonchev–Trinajstić information content (AvgIpc) is 2.96. The van der Waals surface area contributed by atoms with Crippen molar-refractivity contribution in [2.75, 3.05) is 18.6 Å². The summed E-state index contributed by atoms with van der Waals surface area (Å²) in [6.45, 7) is 2.84. The van der Waals surface area contributed by atoms with Crippen molar-refractivity contribution in [3.63, 3.8) is 0 Å². The van der Waals surface area contributed by atoms with E-state index >= 15 is 0 Å². The molecular formula is C17H19ClN4O2. The van der Waals surface area contributed by atoms with Gasteiger partial charge in [-0.05, 0) is 37.1 Å². The Morgan fingerprint density at radius 3 is 2.67 bits per heavy atom. The number of amides is 1. The van der Waals surface area contributed by atoms with Crippen LogP contribution in [0.5, 0.6) is 5.75 Å². The molecule has 2 N–H and O–H groups in total. The van der Waals surface area contributed by atoms with Crippen molar-refractivity contribution in [1.29, 1.82) is 0 Å². The van der Waals surface area contributed by atoms with Gasteiger partial charge in [0, 0.05) is 18.5 Å². The second-order valence-electron chi connectivity index (χ2n) is 5.98. The van der Waals surface area contributed by atoms with Gasteiger partial charge in [-0.2, -0.15) is 0 Å². The quantitative estimate of drug-likeness (QED) is 0.920. The third-order valence-electron chi connectivity index (χ3n) is 4.44. The maximum Gasteiger partial charge on any atom is 0.252 e. The topological polar surface area (TPSA) is 81.3 Å². The number of rotatable bonds is 4. The molecule has 0 radical (unpaired) electrons. The fourth-order valence-corrected chi connectivity index (χ4v) is 3.35. The summed E-state index contributed by atoms with van der Waals surface area (Å²) in [5.74, 6) is 1.11. The van der Waals surface area contributed by atoms with E-state index in [0.29, 0.717) is 17.3 Å². The molecule has 1 saturated heterocycles. The summed E-state index contributed by atoms with van der Waals surface area (Å²) < 4.78 is 5.20. The van der Waals surface area contributed by atoms with Crippen LogP contribution in [0.25, 0.3) is 0 Å². The molecule has 24 heavy (non-hydrogen) atoms. The number of anilines is 1. The van der Waals surface area contributed by atoms with E-state index in [1.807, 2.05) is 12.1 Å². The molecule has 1 aliphatic rings. The van der Waals surface area contributed by atoms with Gasteiger partial charge in [0.05, 0.1) is 12.7 Å². The number of nitrogens with two attached hydrogens (primary N) is 1. The van der Waals surface area contributed by atoms with E-state index in [9.17, 15) is 4.79 Å². The van der Waals surface area contributed by atoms with Crippen LogP contribution >= 0.6 is 11.6 Å². The summed E-state index contributed by atoms with van der Waals surface area (Å²) in [7, 11) is 1.65. The molecule has 0 saturated carbocycles. The Bertz CT molecular complexity index is 751. The minimum atomic E-state index is -0.554. The van der Waals surface area contributed by atoms with Crippen LogP contribution in [0.15, 0.2) is 30.3 Å². The molecule has 3 rings (SSSR count). The number of aromatic nitrogens is 2. The largest absolute Gasteiger partial charge is 0.497 e. The molecule has 7 heteroatoms. The molecule has 2 aromatic rings. The van der Waals surface area contributed by atoms with E-state index in [-0.39, 0.29) is 11.2 Å². The molecule has 1 aromatic heterocycles. The highest BCUT2D eigenvalue weighted by Gasteiger charge is 2.33. The number of primary amides is 1. The van der Waals surface area contributed by atoms with Gasteiger partial charge >= 0.3 is 0 Å². The summed E-state index contributed by atoms with van der Waals surface area (Å²) >= 11 is 5.85. The number of methoxy groups -OCH3 is 1. The molecule has 6 nitrogen and oxygen atoms in total. The van der Waals surface area contributed by atoms with Crippen molar-refractivity contribution in [1.82, 2.24) is 10.2 Å². The lowest BCUT2D eigenvalue weighted by Gasteiger charge is -2.23. The average molecular weight is 347 g/mol. The zero-order valence-corrected chi connectivity index (χ0v) is 14.3. The molecule has 0 aliphatic carbocycles. The van der Waals surface area contributed by atoms with Gasteiger partial charge in [-0.15, -0.1) is 10.2 Å². The van der Waals surface area contributed by atoms with Crippen LogP contribution in [0.1, 0.15) is 35.2 Å². The smallest absolute Gasteiger partial charge is 0.252 e. The molecule has 2 atom stereocenters. The van der Waals surface area contributed by atoms with E-state index in [1.54, 1.807) is 7.11 Å². The SMILES string of the molecule is COc1ccc(C2CC(C)N(c3nnc(Cl)cc3C(N)=O)C2)cc1. The molecule has 2 heterocycles. The predicted molar refractivity (Wildman–Crippen MR) is 92.7 cm³/mol. The molecule has 1 fully saturated rings. The molecular weight excluding hydrogens is 328 g/mol. The van der Waals surface area contributed by atoms with Crippen molar-refractivity contribution >= 4 is 23.3 Å². The molecule has 1 amide bonds. The number of carbonyl (C=O) groups excluding carboxylic acids is 1. The molecule has 2 unspecified atom stereocenters. The molecule has 0 bridgehead atoms. The highest BCUT2D eigenvalue weighted by molar-refractivity contribution is 6.29. The van der Waals surface area contributed by atoms with Gasteiger partial charge in [-0.3, -0.25) is 4.79 Å². The van der Waals surface area contributed by atoms with Gasteiger partial charge in [0.1, 0.15) is 5.75 Å². The zero-order valence-electron chi connectivity index (χ0n) is 13.6. The van der Waals surface area contributed by atoms with Crippen LogP contribution in [0, 0.1) is 0 Å². The fourth-order valence-electron chi connectivity index (χ4n) is 3.20. The molecule has 126 valence electrons. The van der Waals surface area contributed by atoms with E-state index in [0.717, 1.165) is 18.7 Å². The van der Waals surface area contributed by atoms with Crippen LogP contribution in [0.2, 0.25) is 5.15 Å². The van der Waals surface area contributed by atoms with Crippen molar-refractivity contribution in [3.05, 3.63) is 46.6 Å². The Balaban J connectivity index is 1.87. The first kappa shape index (κ1) is 16.5. The first-order valence-corrected chi connectivity index (χ1v) is 8.11. The Kier molecular flexibility index (Phi) is 4.57. The minimum Gasteiger partial charge on any atom is -0.497 e. The second-order valence-corrected chi connectivity index (χ2v) is 6.36. The van der Waals surface area contributed by atoms with Crippen molar-refractivity contribution < 1.29 is 9.53 Å². The standard InChI is InChI=1S/C17H19ClN4O2/c1-10-7-12(11-3-5-13(24-2)6-4-11)9-22(10)17-14(16(19)23)8-15(18)20-21-17/h3-6,8,10,12H,7,9H2,1-2H3,(H2,19,23). The number of hydrogen-bond donors (Lipinski definition) is 1. The summed E-state index contributed by atoms with van der Waals surface area (Å²) in [5, 5.41) is 8.14. The Hall–Kier alpha value is -2.34. The van der Waals surface area contributed by atoms with E-state index < -0.39 is 5.91 Å². The van der Waals surface area contributed by atoms with Gasteiger partial charge in [0.2, 0.25) is 0 Å². The number of benzene rings is 1. The van der Waals surface area contributed by atoms with Gasteiger partial charge in [-0.25, -0.2) is 0 Å². The van der Waals surface area contributed by atoms with E-state index in [1.165, 1.54) is 11.6 Å². The third kappa shape index (κ3) is 3.14. The lowest BCUT2D eigenvalue weighted by molar-refractivity contribution is 0.1000. The third-order valence-corrected chi connectivity index (χ3v) is 4.63. The van der Waals surface area contributed by atoms with Gasteiger partial charge in [0.15, 0.2) is 11.0 Å². The Labute approximate surface area is 145 Å². The second kappa shape index (κ2) is 6.65. The highest BCUT2D eigenvalue weighted by Crippen LogP contribution is 2.36. The van der Waals surface area contributed by atoms with Crippen LogP contribution in [0.3, 0.4) is 0 Å². The highest BCUT2D eigenvalue weighted by atomic mass is 35.5. The van der Waals surface area contributed by atoms with Crippen LogP contribution in [-0.2, 0) is 0 Å². The van der Waals surface area contributed by atoms with E-state index in [2.05, 4.69) is 34.2 Å². The summed E-state index contributed by atoms with van der Waals surface area (Å²) in [4.78, 5) is 13.8. The van der Waals surface area contributed by atoms with Gasteiger partial charge < -0.3 is 15.4 Å². The maximum absolute atomic E-state index is 11.7. The zero-order chi connectivity index (χ0) is 17.3. The first-order chi connectivity index (χ1) is 11.5. The minimum absolute atomic E-state index is 0.158. The lowest BCUT2D eigenvalue weighted by Crippen LogP contribution is -2.30. The molecule has 0 spiro atoms. The maximum atomic E-state index is 11.7. The fraction of sp³-hybridized carbons (Fsp3) is 0.353. The van der Waals surface area contributed by atoms with Crippen molar-refractivity contribution in [2.45, 2.75) is 25.3 Å². The summed E-state index contributed by atoms with van der Waals surface area (Å²) in [6, 6.07) is 9.74. The predicted octanol–water partition coefficient (Wildman–Crippen LogP) is 2.62. The number of nitrogens with zero attached hydrogens (tertiary/aromatic N) is 3. The van der Waals surface area contributed by atoms with Gasteiger partial charge in [0.25, 0.3) is 5.91 Å². The number of carbonyl (C=O) groups is 1. The van der Waals surface area contributed by atoms with Crippen molar-refractivity contribution in [3.8, 4) is 5.75 Å². The van der Waals surface area contributed by atoms with Crippen molar-refractivity contribution in [2.24, 2.45) is 5.73 Å². The molecule has 1 aromatic carbocycles. The number of halogens is 1. The Morgan fingerprint density at radius 1 is 1.33 bits per heavy atom. The molecule has 1 aliphatic heterocycles. The number of hydrogen-bond acceptors (Lipinski definition) is 5. The van der Waals surface area contributed by atoms with Crippen LogP contribution in [-0.4, -0.2) is 35.8 Å².